The zero-order valence-electron chi connectivity index (χ0n) is 15.2. The Kier molecular flexibility index (Phi) is 3.77. The lowest BCUT2D eigenvalue weighted by atomic mass is 10.1. The Morgan fingerprint density at radius 3 is 2.71 bits per heavy atom. The van der Waals surface area contributed by atoms with Crippen molar-refractivity contribution in [1.29, 1.82) is 0 Å². The molecule has 0 radical (unpaired) electrons. The highest BCUT2D eigenvalue weighted by Crippen LogP contribution is 2.28. The second kappa shape index (κ2) is 6.31. The SMILES string of the molecule is COc1ccc(-c2nc3scc(-c4cc5cc(C)ccc5oc4=O)n3n2)cc1. The van der Waals surface area contributed by atoms with E-state index in [2.05, 4.69) is 10.1 Å². The largest absolute Gasteiger partial charge is 0.497 e. The van der Waals surface area contributed by atoms with Crippen molar-refractivity contribution in [2.24, 2.45) is 0 Å². The Bertz CT molecular complexity index is 1380. The lowest BCUT2D eigenvalue weighted by Crippen LogP contribution is -2.04. The zero-order valence-corrected chi connectivity index (χ0v) is 16.0. The fourth-order valence-corrected chi connectivity index (χ4v) is 3.97. The Morgan fingerprint density at radius 2 is 1.93 bits per heavy atom. The van der Waals surface area contributed by atoms with Crippen LogP contribution in [0.25, 0.3) is 38.6 Å². The zero-order chi connectivity index (χ0) is 19.3. The molecule has 3 heterocycles. The second-order valence-corrected chi connectivity index (χ2v) is 7.30. The molecule has 0 N–H and O–H groups in total. The normalized spacial score (nSPS) is 11.4. The number of thiazole rings is 1. The van der Waals surface area contributed by atoms with Gasteiger partial charge in [0, 0.05) is 16.3 Å². The number of hydrogen-bond acceptors (Lipinski definition) is 6. The fourth-order valence-electron chi connectivity index (χ4n) is 3.15. The first-order chi connectivity index (χ1) is 13.6. The summed E-state index contributed by atoms with van der Waals surface area (Å²) in [5.74, 6) is 1.37. The van der Waals surface area contributed by atoms with Gasteiger partial charge in [-0.05, 0) is 49.4 Å². The number of ether oxygens (including phenoxy) is 1. The number of aromatic nitrogens is 3. The van der Waals surface area contributed by atoms with Crippen LogP contribution >= 0.6 is 11.3 Å². The van der Waals surface area contributed by atoms with E-state index in [1.165, 1.54) is 11.3 Å². The van der Waals surface area contributed by atoms with E-state index in [1.807, 2.05) is 60.8 Å². The minimum Gasteiger partial charge on any atom is -0.497 e. The van der Waals surface area contributed by atoms with E-state index in [4.69, 9.17) is 9.15 Å². The van der Waals surface area contributed by atoms with Gasteiger partial charge in [-0.3, -0.25) is 0 Å². The molecular formula is C21H15N3O3S. The van der Waals surface area contributed by atoms with E-state index in [-0.39, 0.29) is 0 Å². The van der Waals surface area contributed by atoms with Crippen molar-refractivity contribution in [3.8, 4) is 28.4 Å². The number of benzene rings is 2. The summed E-state index contributed by atoms with van der Waals surface area (Å²) >= 11 is 1.43. The lowest BCUT2D eigenvalue weighted by molar-refractivity contribution is 0.415. The van der Waals surface area contributed by atoms with Gasteiger partial charge in [-0.1, -0.05) is 11.6 Å². The Hall–Kier alpha value is -3.45. The number of methoxy groups -OCH3 is 1. The average Bonchev–Trinajstić information content (AvgIpc) is 3.29. The fraction of sp³-hybridized carbons (Fsp3) is 0.0952. The summed E-state index contributed by atoms with van der Waals surface area (Å²) in [5, 5.41) is 7.36. The number of aryl methyl sites for hydroxylation is 1. The summed E-state index contributed by atoms with van der Waals surface area (Å²) in [7, 11) is 1.63. The van der Waals surface area contributed by atoms with Crippen molar-refractivity contribution >= 4 is 27.3 Å². The molecule has 138 valence electrons. The topological polar surface area (TPSA) is 69.6 Å². The van der Waals surface area contributed by atoms with Crippen LogP contribution in [0, 0.1) is 6.92 Å². The second-order valence-electron chi connectivity index (χ2n) is 6.47. The summed E-state index contributed by atoms with van der Waals surface area (Å²) in [6.45, 7) is 2.01. The summed E-state index contributed by atoms with van der Waals surface area (Å²) in [5.41, 5.74) is 3.30. The van der Waals surface area contributed by atoms with Crippen LogP contribution in [-0.4, -0.2) is 21.7 Å². The van der Waals surface area contributed by atoms with Crippen molar-refractivity contribution < 1.29 is 9.15 Å². The minimum atomic E-state index is -0.391. The lowest BCUT2D eigenvalue weighted by Gasteiger charge is -2.02. The monoisotopic (exact) mass is 389 g/mol. The van der Waals surface area contributed by atoms with E-state index >= 15 is 0 Å². The first-order valence-electron chi connectivity index (χ1n) is 8.66. The van der Waals surface area contributed by atoms with Crippen LogP contribution in [0.5, 0.6) is 5.75 Å². The van der Waals surface area contributed by atoms with Crippen LogP contribution in [0.2, 0.25) is 0 Å². The first kappa shape index (κ1) is 16.7. The van der Waals surface area contributed by atoms with E-state index in [0.29, 0.717) is 27.6 Å². The third-order valence-corrected chi connectivity index (χ3v) is 5.41. The number of rotatable bonds is 3. The molecule has 0 fully saturated rings. The average molecular weight is 389 g/mol. The van der Waals surface area contributed by atoms with Gasteiger partial charge in [0.1, 0.15) is 11.3 Å². The quantitative estimate of drug-likeness (QED) is 0.424. The molecule has 3 aromatic heterocycles. The Labute approximate surface area is 163 Å². The summed E-state index contributed by atoms with van der Waals surface area (Å²) in [4.78, 5) is 17.9. The molecule has 0 saturated carbocycles. The molecule has 7 heteroatoms. The molecule has 6 nitrogen and oxygen atoms in total. The van der Waals surface area contributed by atoms with Gasteiger partial charge in [0.25, 0.3) is 0 Å². The molecule has 5 aromatic rings. The smallest absolute Gasteiger partial charge is 0.345 e. The summed E-state index contributed by atoms with van der Waals surface area (Å²) < 4.78 is 12.4. The van der Waals surface area contributed by atoms with Gasteiger partial charge in [0.15, 0.2) is 5.82 Å². The highest BCUT2D eigenvalue weighted by molar-refractivity contribution is 7.15. The van der Waals surface area contributed by atoms with Crippen LogP contribution in [-0.2, 0) is 0 Å². The third-order valence-electron chi connectivity index (χ3n) is 4.59. The van der Waals surface area contributed by atoms with Crippen LogP contribution in [0.1, 0.15) is 5.56 Å². The molecule has 28 heavy (non-hydrogen) atoms. The standard InChI is InChI=1S/C21H15N3O3S/c1-12-3-8-18-14(9-12)10-16(20(25)27-18)17-11-28-21-22-19(23-24(17)21)13-4-6-15(26-2)7-5-13/h3-11H,1-2H3. The number of nitrogens with zero attached hydrogens (tertiary/aromatic N) is 3. The van der Waals surface area contributed by atoms with E-state index in [0.717, 1.165) is 22.3 Å². The van der Waals surface area contributed by atoms with Gasteiger partial charge < -0.3 is 9.15 Å². The molecule has 2 aromatic carbocycles. The molecular weight excluding hydrogens is 374 g/mol. The molecule has 5 rings (SSSR count). The molecule has 0 aliphatic rings. The van der Waals surface area contributed by atoms with Crippen LogP contribution < -0.4 is 10.4 Å². The molecule has 0 aliphatic carbocycles. The number of fused-ring (bicyclic) bond motifs is 2. The maximum absolute atomic E-state index is 12.6. The summed E-state index contributed by atoms with van der Waals surface area (Å²) in [6, 6.07) is 15.1. The molecule has 0 amide bonds. The predicted molar refractivity (Wildman–Crippen MR) is 109 cm³/mol. The predicted octanol–water partition coefficient (Wildman–Crippen LogP) is 4.55. The molecule has 0 atom stereocenters. The maximum atomic E-state index is 12.6. The minimum absolute atomic E-state index is 0.391. The van der Waals surface area contributed by atoms with Crippen molar-refractivity contribution in [2.45, 2.75) is 6.92 Å². The van der Waals surface area contributed by atoms with Crippen molar-refractivity contribution in [2.75, 3.05) is 7.11 Å². The number of hydrogen-bond donors (Lipinski definition) is 0. The Morgan fingerprint density at radius 1 is 1.11 bits per heavy atom. The van der Waals surface area contributed by atoms with Gasteiger partial charge >= 0.3 is 5.63 Å². The molecule has 0 aliphatic heterocycles. The highest BCUT2D eigenvalue weighted by atomic mass is 32.1. The van der Waals surface area contributed by atoms with Crippen LogP contribution in [0.3, 0.4) is 0 Å². The van der Waals surface area contributed by atoms with Gasteiger partial charge in [0.05, 0.1) is 18.4 Å². The molecule has 0 saturated heterocycles. The van der Waals surface area contributed by atoms with Crippen molar-refractivity contribution in [3.63, 3.8) is 0 Å². The van der Waals surface area contributed by atoms with E-state index < -0.39 is 5.63 Å². The van der Waals surface area contributed by atoms with Gasteiger partial charge in [0.2, 0.25) is 4.96 Å². The Balaban J connectivity index is 1.65. The maximum Gasteiger partial charge on any atom is 0.345 e. The van der Waals surface area contributed by atoms with Gasteiger partial charge in [-0.15, -0.1) is 16.4 Å². The highest BCUT2D eigenvalue weighted by Gasteiger charge is 2.16. The molecule has 0 bridgehead atoms. The van der Waals surface area contributed by atoms with Crippen LogP contribution in [0.4, 0.5) is 0 Å². The molecule has 0 spiro atoms. The summed E-state index contributed by atoms with van der Waals surface area (Å²) in [6.07, 6.45) is 0. The third kappa shape index (κ3) is 2.68. The van der Waals surface area contributed by atoms with Gasteiger partial charge in [-0.25, -0.2) is 9.31 Å². The van der Waals surface area contributed by atoms with E-state index in [1.54, 1.807) is 11.6 Å². The van der Waals surface area contributed by atoms with Crippen molar-refractivity contribution in [1.82, 2.24) is 14.6 Å². The van der Waals surface area contributed by atoms with Gasteiger partial charge in [-0.2, -0.15) is 4.98 Å². The van der Waals surface area contributed by atoms with E-state index in [9.17, 15) is 4.79 Å². The van der Waals surface area contributed by atoms with Crippen LogP contribution in [0.15, 0.2) is 63.1 Å². The first-order valence-corrected chi connectivity index (χ1v) is 9.54. The van der Waals surface area contributed by atoms with Crippen molar-refractivity contribution in [3.05, 3.63) is 69.9 Å². The molecule has 0 unspecified atom stereocenters.